The second kappa shape index (κ2) is 8.84. The standard InChI is InChI=1S/C20H13Cl2NO7S/c21-14-8-11(23-19(25)20(26)27)9-15(22)18(14)30-16-7-6-12(24)10-17(16)31(28,29)13-4-2-1-3-5-13/h1-10,24H,(H,23,25)(H,26,27). The van der Waals surface area contributed by atoms with E-state index in [1.165, 1.54) is 36.4 Å². The van der Waals surface area contributed by atoms with Gasteiger partial charge in [-0.1, -0.05) is 41.4 Å². The first-order chi connectivity index (χ1) is 14.6. The van der Waals surface area contributed by atoms with Gasteiger partial charge in [0.15, 0.2) is 5.75 Å². The summed E-state index contributed by atoms with van der Waals surface area (Å²) in [4.78, 5) is 21.6. The van der Waals surface area contributed by atoms with Crippen LogP contribution in [0.3, 0.4) is 0 Å². The van der Waals surface area contributed by atoms with Gasteiger partial charge in [-0.2, -0.15) is 0 Å². The summed E-state index contributed by atoms with van der Waals surface area (Å²) in [6, 6.07) is 13.4. The number of carboxylic acids is 1. The largest absolute Gasteiger partial charge is 0.508 e. The van der Waals surface area contributed by atoms with Crippen molar-refractivity contribution in [3.63, 3.8) is 0 Å². The molecule has 3 N–H and O–H groups in total. The molecule has 31 heavy (non-hydrogen) atoms. The average molecular weight is 482 g/mol. The highest BCUT2D eigenvalue weighted by Gasteiger charge is 2.25. The SMILES string of the molecule is O=C(O)C(=O)Nc1cc(Cl)c(Oc2ccc(O)cc2S(=O)(=O)c2ccccc2)c(Cl)c1. The van der Waals surface area contributed by atoms with Crippen molar-refractivity contribution in [1.82, 2.24) is 0 Å². The van der Waals surface area contributed by atoms with E-state index < -0.39 is 21.7 Å². The Morgan fingerprint density at radius 2 is 1.55 bits per heavy atom. The fourth-order valence-electron chi connectivity index (χ4n) is 2.54. The maximum atomic E-state index is 13.0. The van der Waals surface area contributed by atoms with Crippen LogP contribution in [0.25, 0.3) is 0 Å². The smallest absolute Gasteiger partial charge is 0.394 e. The van der Waals surface area contributed by atoms with Gasteiger partial charge in [0.1, 0.15) is 16.4 Å². The highest BCUT2D eigenvalue weighted by Crippen LogP contribution is 2.42. The molecule has 0 saturated heterocycles. The van der Waals surface area contributed by atoms with Crippen LogP contribution in [0.5, 0.6) is 17.2 Å². The zero-order valence-electron chi connectivity index (χ0n) is 15.4. The number of amides is 1. The van der Waals surface area contributed by atoms with Crippen molar-refractivity contribution in [2.45, 2.75) is 9.79 Å². The number of carbonyl (C=O) groups excluding carboxylic acids is 1. The van der Waals surface area contributed by atoms with E-state index in [2.05, 4.69) is 5.32 Å². The van der Waals surface area contributed by atoms with Gasteiger partial charge in [0, 0.05) is 11.8 Å². The lowest BCUT2D eigenvalue weighted by Gasteiger charge is -2.15. The molecular formula is C20H13Cl2NO7S. The number of phenols is 1. The third kappa shape index (κ3) is 4.91. The molecule has 0 unspecified atom stereocenters. The molecule has 0 radical (unpaired) electrons. The number of carbonyl (C=O) groups is 2. The number of sulfone groups is 1. The Morgan fingerprint density at radius 1 is 0.935 bits per heavy atom. The predicted molar refractivity (Wildman–Crippen MR) is 113 cm³/mol. The first-order valence-corrected chi connectivity index (χ1v) is 10.7. The van der Waals surface area contributed by atoms with Crippen LogP contribution in [-0.2, 0) is 19.4 Å². The molecule has 8 nitrogen and oxygen atoms in total. The molecule has 1 amide bonds. The molecule has 0 aromatic heterocycles. The molecule has 0 bridgehead atoms. The van der Waals surface area contributed by atoms with E-state index >= 15 is 0 Å². The molecule has 0 saturated carbocycles. The van der Waals surface area contributed by atoms with Crippen LogP contribution in [0.15, 0.2) is 70.5 Å². The van der Waals surface area contributed by atoms with Crippen LogP contribution in [-0.4, -0.2) is 30.5 Å². The van der Waals surface area contributed by atoms with Gasteiger partial charge in [0.2, 0.25) is 9.84 Å². The Morgan fingerprint density at radius 3 is 2.13 bits per heavy atom. The normalized spacial score (nSPS) is 11.0. The van der Waals surface area contributed by atoms with Crippen molar-refractivity contribution >= 4 is 50.6 Å². The van der Waals surface area contributed by atoms with Crippen LogP contribution in [0, 0.1) is 0 Å². The number of rotatable bonds is 5. The van der Waals surface area contributed by atoms with Crippen molar-refractivity contribution in [3.8, 4) is 17.2 Å². The van der Waals surface area contributed by atoms with Crippen LogP contribution in [0.2, 0.25) is 10.0 Å². The molecule has 0 atom stereocenters. The Balaban J connectivity index is 2.03. The lowest BCUT2D eigenvalue weighted by Crippen LogP contribution is -2.21. The van der Waals surface area contributed by atoms with Crippen LogP contribution < -0.4 is 10.1 Å². The van der Waals surface area contributed by atoms with E-state index in [1.807, 2.05) is 0 Å². The maximum Gasteiger partial charge on any atom is 0.394 e. The summed E-state index contributed by atoms with van der Waals surface area (Å²) in [7, 11) is -4.06. The summed E-state index contributed by atoms with van der Waals surface area (Å²) in [5.41, 5.74) is -0.00223. The quantitative estimate of drug-likeness (QED) is 0.461. The highest BCUT2D eigenvalue weighted by atomic mass is 35.5. The van der Waals surface area contributed by atoms with E-state index in [0.29, 0.717) is 0 Å². The minimum atomic E-state index is -4.06. The molecule has 0 aliphatic rings. The summed E-state index contributed by atoms with van der Waals surface area (Å²) in [5, 5.41) is 20.3. The van der Waals surface area contributed by atoms with Gasteiger partial charge in [-0.25, -0.2) is 13.2 Å². The van der Waals surface area contributed by atoms with Gasteiger partial charge >= 0.3 is 11.9 Å². The van der Waals surface area contributed by atoms with E-state index in [9.17, 15) is 23.1 Å². The lowest BCUT2D eigenvalue weighted by atomic mass is 10.2. The van der Waals surface area contributed by atoms with Crippen molar-refractivity contribution < 1.29 is 33.0 Å². The predicted octanol–water partition coefficient (Wildman–Crippen LogP) is 4.35. The summed E-state index contributed by atoms with van der Waals surface area (Å²) in [6.07, 6.45) is 0. The molecule has 3 rings (SSSR count). The first kappa shape index (κ1) is 22.4. The van der Waals surface area contributed by atoms with Gasteiger partial charge in [-0.15, -0.1) is 0 Å². The molecule has 0 heterocycles. The Kier molecular flexibility index (Phi) is 6.40. The highest BCUT2D eigenvalue weighted by molar-refractivity contribution is 7.91. The van der Waals surface area contributed by atoms with Gasteiger partial charge in [0.05, 0.1) is 14.9 Å². The van der Waals surface area contributed by atoms with Crippen LogP contribution in [0.1, 0.15) is 0 Å². The molecule has 0 aliphatic heterocycles. The minimum absolute atomic E-state index is 0.00223. The van der Waals surface area contributed by atoms with Crippen LogP contribution in [0.4, 0.5) is 5.69 Å². The van der Waals surface area contributed by atoms with E-state index in [-0.39, 0.29) is 42.8 Å². The molecule has 3 aromatic carbocycles. The number of halogens is 2. The monoisotopic (exact) mass is 481 g/mol. The number of hydrogen-bond donors (Lipinski definition) is 3. The number of aliphatic carboxylic acids is 1. The Bertz CT molecular complexity index is 1250. The number of hydrogen-bond acceptors (Lipinski definition) is 6. The van der Waals surface area contributed by atoms with Gasteiger partial charge in [-0.3, -0.25) is 4.79 Å². The lowest BCUT2D eigenvalue weighted by molar-refractivity contribution is -0.147. The third-order valence-electron chi connectivity index (χ3n) is 3.93. The third-order valence-corrected chi connectivity index (χ3v) is 6.29. The van der Waals surface area contributed by atoms with Crippen molar-refractivity contribution in [1.29, 1.82) is 0 Å². The number of nitrogens with one attached hydrogen (secondary N) is 1. The fraction of sp³-hybridized carbons (Fsp3) is 0. The number of anilines is 1. The number of carboxylic acid groups (broad SMARTS) is 1. The zero-order valence-corrected chi connectivity index (χ0v) is 17.7. The fourth-order valence-corrected chi connectivity index (χ4v) is 4.53. The van der Waals surface area contributed by atoms with E-state index in [1.54, 1.807) is 18.2 Å². The minimum Gasteiger partial charge on any atom is -0.508 e. The maximum absolute atomic E-state index is 13.0. The number of benzene rings is 3. The van der Waals surface area contributed by atoms with Crippen LogP contribution >= 0.6 is 23.2 Å². The van der Waals surface area contributed by atoms with Gasteiger partial charge in [-0.05, 0) is 36.4 Å². The molecule has 0 spiro atoms. The average Bonchev–Trinajstić information content (AvgIpc) is 2.72. The van der Waals surface area contributed by atoms with Crippen molar-refractivity contribution in [3.05, 3.63) is 70.7 Å². The molecule has 160 valence electrons. The second-order valence-corrected chi connectivity index (χ2v) is 8.81. The molecular weight excluding hydrogens is 469 g/mol. The summed E-state index contributed by atoms with van der Waals surface area (Å²) >= 11 is 12.3. The topological polar surface area (TPSA) is 130 Å². The summed E-state index contributed by atoms with van der Waals surface area (Å²) < 4.78 is 31.8. The van der Waals surface area contributed by atoms with Crippen molar-refractivity contribution in [2.75, 3.05) is 5.32 Å². The zero-order chi connectivity index (χ0) is 22.8. The van der Waals surface area contributed by atoms with Gasteiger partial charge in [0.25, 0.3) is 0 Å². The Labute approximate surface area is 186 Å². The number of phenolic OH excluding ortho intramolecular Hbond substituents is 1. The van der Waals surface area contributed by atoms with E-state index in [0.717, 1.165) is 6.07 Å². The first-order valence-electron chi connectivity index (χ1n) is 8.44. The summed E-state index contributed by atoms with van der Waals surface area (Å²) in [5.74, 6) is -3.59. The molecule has 0 fully saturated rings. The number of aromatic hydroxyl groups is 1. The van der Waals surface area contributed by atoms with Crippen molar-refractivity contribution in [2.24, 2.45) is 0 Å². The molecule has 0 aliphatic carbocycles. The molecule has 11 heteroatoms. The molecule has 3 aromatic rings. The number of ether oxygens (including phenoxy) is 1. The Hall–Kier alpha value is -3.27. The van der Waals surface area contributed by atoms with E-state index in [4.69, 9.17) is 33.0 Å². The van der Waals surface area contributed by atoms with Gasteiger partial charge < -0.3 is 20.3 Å². The second-order valence-electron chi connectivity index (χ2n) is 6.08. The summed E-state index contributed by atoms with van der Waals surface area (Å²) in [6.45, 7) is 0.